The van der Waals surface area contributed by atoms with Crippen molar-refractivity contribution in [1.29, 1.82) is 0 Å². The highest BCUT2D eigenvalue weighted by atomic mass is 16.5. The lowest BCUT2D eigenvalue weighted by atomic mass is 10.1. The van der Waals surface area contributed by atoms with Gasteiger partial charge >= 0.3 is 0 Å². The molecule has 2 heteroatoms. The first-order chi connectivity index (χ1) is 7.28. The van der Waals surface area contributed by atoms with Crippen LogP contribution < -0.4 is 10.1 Å². The minimum atomic E-state index is 0.477. The Bertz CT molecular complexity index is 359. The van der Waals surface area contributed by atoms with E-state index in [4.69, 9.17) is 4.74 Å². The van der Waals surface area contributed by atoms with Crippen LogP contribution in [0.2, 0.25) is 0 Å². The van der Waals surface area contributed by atoms with Crippen molar-refractivity contribution >= 4 is 0 Å². The molecule has 0 amide bonds. The van der Waals surface area contributed by atoms with Crippen LogP contribution >= 0.6 is 0 Å². The van der Waals surface area contributed by atoms with Gasteiger partial charge in [0.1, 0.15) is 5.75 Å². The first-order valence-electron chi connectivity index (χ1n) is 5.69. The Labute approximate surface area is 90.6 Å². The van der Waals surface area contributed by atoms with Crippen LogP contribution in [0.25, 0.3) is 0 Å². The number of fused-ring (bicyclic) bond motifs is 1. The Morgan fingerprint density at radius 1 is 1.40 bits per heavy atom. The fraction of sp³-hybridized carbons (Fsp3) is 0.538. The molecule has 1 aliphatic carbocycles. The summed E-state index contributed by atoms with van der Waals surface area (Å²) in [6.45, 7) is 5.31. The number of aryl methyl sites for hydroxylation is 1. The van der Waals surface area contributed by atoms with Gasteiger partial charge in [-0.25, -0.2) is 0 Å². The summed E-state index contributed by atoms with van der Waals surface area (Å²) in [5, 5.41) is 3.43. The van der Waals surface area contributed by atoms with E-state index in [9.17, 15) is 0 Å². The van der Waals surface area contributed by atoms with Gasteiger partial charge in [-0.15, -0.1) is 0 Å². The highest BCUT2D eigenvalue weighted by Gasteiger charge is 2.57. The maximum Gasteiger partial charge on any atom is 0.119 e. The zero-order valence-corrected chi connectivity index (χ0v) is 9.12. The van der Waals surface area contributed by atoms with E-state index in [2.05, 4.69) is 36.5 Å². The van der Waals surface area contributed by atoms with Gasteiger partial charge in [-0.05, 0) is 37.9 Å². The lowest BCUT2D eigenvalue weighted by molar-refractivity contribution is 0.236. The number of piperidine rings is 1. The monoisotopic (exact) mass is 203 g/mol. The average molecular weight is 203 g/mol. The molecule has 1 heterocycles. The van der Waals surface area contributed by atoms with Gasteiger partial charge < -0.3 is 10.1 Å². The van der Waals surface area contributed by atoms with Crippen molar-refractivity contribution < 1.29 is 4.74 Å². The summed E-state index contributed by atoms with van der Waals surface area (Å²) in [6.07, 6.45) is 1.35. The molecule has 3 rings (SSSR count). The van der Waals surface area contributed by atoms with Crippen molar-refractivity contribution in [2.75, 3.05) is 19.7 Å². The smallest absolute Gasteiger partial charge is 0.119 e. The number of hydrogen-bond acceptors (Lipinski definition) is 2. The molecular formula is C13H17NO. The van der Waals surface area contributed by atoms with E-state index in [-0.39, 0.29) is 0 Å². The second-order valence-electron chi connectivity index (χ2n) is 5.00. The van der Waals surface area contributed by atoms with Crippen LogP contribution in [-0.2, 0) is 0 Å². The molecule has 0 bridgehead atoms. The van der Waals surface area contributed by atoms with Crippen molar-refractivity contribution in [2.24, 2.45) is 11.3 Å². The highest BCUT2D eigenvalue weighted by Crippen LogP contribution is 2.54. The number of ether oxygens (including phenoxy) is 1. The van der Waals surface area contributed by atoms with E-state index >= 15 is 0 Å². The van der Waals surface area contributed by atoms with Gasteiger partial charge in [0.15, 0.2) is 0 Å². The predicted octanol–water partition coefficient (Wildman–Crippen LogP) is 1.98. The number of rotatable bonds is 3. The molecule has 1 saturated heterocycles. The van der Waals surface area contributed by atoms with Crippen molar-refractivity contribution in [3.8, 4) is 5.75 Å². The number of nitrogens with one attached hydrogen (secondary N) is 1. The maximum atomic E-state index is 5.85. The molecule has 1 aromatic rings. The van der Waals surface area contributed by atoms with E-state index in [1.165, 1.54) is 18.5 Å². The molecule has 2 atom stereocenters. The zero-order valence-electron chi connectivity index (χ0n) is 9.12. The molecule has 0 aromatic heterocycles. The minimum absolute atomic E-state index is 0.477. The normalized spacial score (nSPS) is 32.5. The molecule has 2 aliphatic rings. The van der Waals surface area contributed by atoms with Crippen LogP contribution in [0.5, 0.6) is 5.75 Å². The molecule has 15 heavy (non-hydrogen) atoms. The van der Waals surface area contributed by atoms with Gasteiger partial charge in [-0.1, -0.05) is 17.7 Å². The molecular weight excluding hydrogens is 186 g/mol. The molecule has 0 spiro atoms. The quantitative estimate of drug-likeness (QED) is 0.811. The standard InChI is InChI=1S/C13H17NO/c1-10-2-4-12(5-3-10)15-9-13-6-11(13)7-14-8-13/h2-5,11,14H,6-9H2,1H3. The van der Waals surface area contributed by atoms with E-state index in [0.717, 1.165) is 24.8 Å². The van der Waals surface area contributed by atoms with Gasteiger partial charge in [0.05, 0.1) is 6.61 Å². The summed E-state index contributed by atoms with van der Waals surface area (Å²) in [7, 11) is 0. The summed E-state index contributed by atoms with van der Waals surface area (Å²) < 4.78 is 5.85. The predicted molar refractivity (Wildman–Crippen MR) is 60.1 cm³/mol. The summed E-state index contributed by atoms with van der Waals surface area (Å²) in [4.78, 5) is 0. The van der Waals surface area contributed by atoms with Crippen LogP contribution in [0.15, 0.2) is 24.3 Å². The topological polar surface area (TPSA) is 21.3 Å². The van der Waals surface area contributed by atoms with E-state index in [0.29, 0.717) is 5.41 Å². The Hall–Kier alpha value is -1.02. The molecule has 2 fully saturated rings. The van der Waals surface area contributed by atoms with E-state index in [1.54, 1.807) is 0 Å². The van der Waals surface area contributed by atoms with Crippen LogP contribution in [0.3, 0.4) is 0 Å². The fourth-order valence-electron chi connectivity index (χ4n) is 2.52. The SMILES string of the molecule is Cc1ccc(OCC23CNCC2C3)cc1. The van der Waals surface area contributed by atoms with Crippen LogP contribution in [-0.4, -0.2) is 19.7 Å². The Morgan fingerprint density at radius 3 is 2.80 bits per heavy atom. The molecule has 1 N–H and O–H groups in total. The molecule has 0 radical (unpaired) electrons. The Kier molecular flexibility index (Phi) is 1.99. The Morgan fingerprint density at radius 2 is 2.20 bits per heavy atom. The van der Waals surface area contributed by atoms with Crippen molar-refractivity contribution in [3.05, 3.63) is 29.8 Å². The average Bonchev–Trinajstić information content (AvgIpc) is 2.80. The molecule has 1 saturated carbocycles. The number of benzene rings is 1. The second-order valence-corrected chi connectivity index (χ2v) is 5.00. The van der Waals surface area contributed by atoms with E-state index < -0.39 is 0 Å². The molecule has 2 nitrogen and oxygen atoms in total. The largest absolute Gasteiger partial charge is 0.493 e. The molecule has 1 aliphatic heterocycles. The van der Waals surface area contributed by atoms with Crippen molar-refractivity contribution in [3.63, 3.8) is 0 Å². The fourth-order valence-corrected chi connectivity index (χ4v) is 2.52. The second kappa shape index (κ2) is 3.24. The summed E-state index contributed by atoms with van der Waals surface area (Å²) in [6, 6.07) is 8.33. The lowest BCUT2D eigenvalue weighted by Crippen LogP contribution is -2.21. The molecule has 80 valence electrons. The highest BCUT2D eigenvalue weighted by molar-refractivity contribution is 5.26. The first-order valence-corrected chi connectivity index (χ1v) is 5.69. The van der Waals surface area contributed by atoms with Gasteiger partial charge in [-0.3, -0.25) is 0 Å². The van der Waals surface area contributed by atoms with Crippen LogP contribution in [0, 0.1) is 18.3 Å². The summed E-state index contributed by atoms with van der Waals surface area (Å²) >= 11 is 0. The molecule has 1 aromatic carbocycles. The minimum Gasteiger partial charge on any atom is -0.493 e. The van der Waals surface area contributed by atoms with Gasteiger partial charge in [0.25, 0.3) is 0 Å². The lowest BCUT2D eigenvalue weighted by Gasteiger charge is -2.13. The summed E-state index contributed by atoms with van der Waals surface area (Å²) in [5.74, 6) is 1.88. The van der Waals surface area contributed by atoms with Crippen molar-refractivity contribution in [1.82, 2.24) is 5.32 Å². The van der Waals surface area contributed by atoms with E-state index in [1.807, 2.05) is 0 Å². The van der Waals surface area contributed by atoms with Gasteiger partial charge in [0, 0.05) is 12.0 Å². The van der Waals surface area contributed by atoms with Crippen LogP contribution in [0.4, 0.5) is 0 Å². The third-order valence-corrected chi connectivity index (χ3v) is 3.77. The Balaban J connectivity index is 1.60. The van der Waals surface area contributed by atoms with Gasteiger partial charge in [-0.2, -0.15) is 0 Å². The van der Waals surface area contributed by atoms with Gasteiger partial charge in [0.2, 0.25) is 0 Å². The zero-order chi connectivity index (χ0) is 10.3. The van der Waals surface area contributed by atoms with Crippen LogP contribution in [0.1, 0.15) is 12.0 Å². The maximum absolute atomic E-state index is 5.85. The first kappa shape index (κ1) is 9.22. The third kappa shape index (κ3) is 1.63. The molecule has 2 unspecified atom stereocenters. The third-order valence-electron chi connectivity index (χ3n) is 3.77. The number of hydrogen-bond donors (Lipinski definition) is 1. The summed E-state index contributed by atoms with van der Waals surface area (Å²) in [5.41, 5.74) is 1.76. The van der Waals surface area contributed by atoms with Crippen molar-refractivity contribution in [2.45, 2.75) is 13.3 Å².